The van der Waals surface area contributed by atoms with Gasteiger partial charge in [0.05, 0.1) is 10.0 Å². The first-order valence-corrected chi connectivity index (χ1v) is 7.27. The van der Waals surface area contributed by atoms with Gasteiger partial charge in [0.15, 0.2) is 5.78 Å². The molecule has 94 valence electrons. The number of halogens is 2. The van der Waals surface area contributed by atoms with E-state index in [1.54, 1.807) is 23.5 Å². The van der Waals surface area contributed by atoms with Crippen molar-refractivity contribution >= 4 is 33.0 Å². The number of rotatable bonds is 4. The molecule has 0 saturated heterocycles. The maximum atomic E-state index is 13.8. The van der Waals surface area contributed by atoms with Gasteiger partial charge in [-0.05, 0) is 46.6 Å². The molecule has 2 rings (SSSR count). The van der Waals surface area contributed by atoms with Crippen LogP contribution in [0, 0.1) is 5.82 Å². The summed E-state index contributed by atoms with van der Waals surface area (Å²) in [6.45, 7) is 2.07. The van der Waals surface area contributed by atoms with Crippen LogP contribution in [0.5, 0.6) is 0 Å². The van der Waals surface area contributed by atoms with E-state index in [4.69, 9.17) is 0 Å². The Morgan fingerprint density at radius 3 is 2.67 bits per heavy atom. The highest BCUT2D eigenvalue weighted by Crippen LogP contribution is 2.22. The zero-order valence-corrected chi connectivity index (χ0v) is 12.3. The van der Waals surface area contributed by atoms with Gasteiger partial charge in [0.25, 0.3) is 0 Å². The molecule has 0 saturated carbocycles. The van der Waals surface area contributed by atoms with Crippen molar-refractivity contribution in [2.75, 3.05) is 0 Å². The molecule has 1 aromatic heterocycles. The molecule has 18 heavy (non-hydrogen) atoms. The van der Waals surface area contributed by atoms with Crippen LogP contribution in [-0.4, -0.2) is 5.78 Å². The fourth-order valence-corrected chi connectivity index (χ4v) is 3.00. The minimum Gasteiger partial charge on any atom is -0.294 e. The van der Waals surface area contributed by atoms with Gasteiger partial charge in [-0.2, -0.15) is 0 Å². The number of carbonyl (C=O) groups is 1. The molecular weight excluding hydrogens is 315 g/mol. The predicted octanol–water partition coefficient (Wildman–Crippen LogP) is 4.64. The van der Waals surface area contributed by atoms with Crippen molar-refractivity contribution in [3.8, 4) is 0 Å². The minimum absolute atomic E-state index is 0.149. The summed E-state index contributed by atoms with van der Waals surface area (Å²) in [6.07, 6.45) is 1.22. The number of benzene rings is 1. The molecule has 0 aliphatic carbocycles. The average molecular weight is 327 g/mol. The number of hydrogen-bond acceptors (Lipinski definition) is 2. The van der Waals surface area contributed by atoms with Crippen LogP contribution in [0.25, 0.3) is 0 Å². The summed E-state index contributed by atoms with van der Waals surface area (Å²) in [5, 5.41) is 0. The third-order valence-corrected chi connectivity index (χ3v) is 4.49. The molecule has 1 nitrogen and oxygen atoms in total. The van der Waals surface area contributed by atoms with Crippen LogP contribution in [0.2, 0.25) is 0 Å². The molecule has 0 aliphatic heterocycles. The number of aryl methyl sites for hydroxylation is 1. The van der Waals surface area contributed by atoms with Gasteiger partial charge < -0.3 is 0 Å². The second kappa shape index (κ2) is 5.76. The fraction of sp³-hybridized carbons (Fsp3) is 0.214. The predicted molar refractivity (Wildman–Crippen MR) is 75.8 cm³/mol. The Balaban J connectivity index is 2.19. The van der Waals surface area contributed by atoms with Crippen molar-refractivity contribution in [3.63, 3.8) is 0 Å². The van der Waals surface area contributed by atoms with Crippen LogP contribution >= 0.6 is 27.3 Å². The van der Waals surface area contributed by atoms with Crippen molar-refractivity contribution in [3.05, 3.63) is 55.9 Å². The summed E-state index contributed by atoms with van der Waals surface area (Å²) >= 11 is 4.70. The van der Waals surface area contributed by atoms with Gasteiger partial charge in [-0.3, -0.25) is 4.79 Å². The SMILES string of the molecule is CCc1ccc(CC(=O)c2cccc(Br)c2F)s1. The van der Waals surface area contributed by atoms with E-state index in [2.05, 4.69) is 22.9 Å². The van der Waals surface area contributed by atoms with Crippen molar-refractivity contribution in [2.45, 2.75) is 19.8 Å². The second-order valence-electron chi connectivity index (χ2n) is 3.92. The molecule has 0 bridgehead atoms. The van der Waals surface area contributed by atoms with Gasteiger partial charge in [0, 0.05) is 16.2 Å². The topological polar surface area (TPSA) is 17.1 Å². The van der Waals surface area contributed by atoms with Gasteiger partial charge >= 0.3 is 0 Å². The van der Waals surface area contributed by atoms with Gasteiger partial charge in [-0.1, -0.05) is 13.0 Å². The molecule has 1 heterocycles. The lowest BCUT2D eigenvalue weighted by molar-refractivity contribution is 0.0990. The van der Waals surface area contributed by atoms with Crippen LogP contribution in [0.4, 0.5) is 4.39 Å². The zero-order chi connectivity index (χ0) is 13.1. The van der Waals surface area contributed by atoms with E-state index in [0.717, 1.165) is 11.3 Å². The third-order valence-electron chi connectivity index (χ3n) is 2.65. The van der Waals surface area contributed by atoms with E-state index in [1.165, 1.54) is 10.9 Å². The van der Waals surface area contributed by atoms with Crippen LogP contribution < -0.4 is 0 Å². The summed E-state index contributed by atoms with van der Waals surface area (Å²) in [5.74, 6) is -0.659. The average Bonchev–Trinajstić information content (AvgIpc) is 2.80. The monoisotopic (exact) mass is 326 g/mol. The number of hydrogen-bond donors (Lipinski definition) is 0. The maximum absolute atomic E-state index is 13.8. The van der Waals surface area contributed by atoms with Crippen LogP contribution in [0.15, 0.2) is 34.8 Å². The minimum atomic E-state index is -0.477. The third kappa shape index (κ3) is 2.87. The van der Waals surface area contributed by atoms with E-state index in [1.807, 2.05) is 12.1 Å². The molecule has 0 aliphatic rings. The van der Waals surface area contributed by atoms with E-state index in [-0.39, 0.29) is 17.8 Å². The zero-order valence-electron chi connectivity index (χ0n) is 9.87. The lowest BCUT2D eigenvalue weighted by Crippen LogP contribution is -2.05. The van der Waals surface area contributed by atoms with E-state index < -0.39 is 5.82 Å². The molecule has 0 unspecified atom stereocenters. The second-order valence-corrected chi connectivity index (χ2v) is 6.03. The summed E-state index contributed by atoms with van der Waals surface area (Å²) < 4.78 is 14.1. The molecule has 4 heteroatoms. The van der Waals surface area contributed by atoms with Crippen molar-refractivity contribution in [1.82, 2.24) is 0 Å². The maximum Gasteiger partial charge on any atom is 0.171 e. The Bertz CT molecular complexity index is 577. The van der Waals surface area contributed by atoms with Crippen molar-refractivity contribution < 1.29 is 9.18 Å². The highest BCUT2D eigenvalue weighted by atomic mass is 79.9. The molecule has 0 atom stereocenters. The van der Waals surface area contributed by atoms with Crippen molar-refractivity contribution in [2.24, 2.45) is 0 Å². The Hall–Kier alpha value is -1.00. The lowest BCUT2D eigenvalue weighted by atomic mass is 10.1. The summed E-state index contributed by atoms with van der Waals surface area (Å²) in [4.78, 5) is 14.3. The molecule has 2 aromatic rings. The van der Waals surface area contributed by atoms with E-state index in [9.17, 15) is 9.18 Å². The highest BCUT2D eigenvalue weighted by molar-refractivity contribution is 9.10. The van der Waals surface area contributed by atoms with E-state index in [0.29, 0.717) is 4.47 Å². The lowest BCUT2D eigenvalue weighted by Gasteiger charge is -2.02. The first-order valence-electron chi connectivity index (χ1n) is 5.66. The Labute approximate surface area is 118 Å². The molecule has 0 spiro atoms. The smallest absolute Gasteiger partial charge is 0.171 e. The van der Waals surface area contributed by atoms with Gasteiger partial charge in [0.2, 0.25) is 0 Å². The largest absolute Gasteiger partial charge is 0.294 e. The number of ketones is 1. The Morgan fingerprint density at radius 1 is 1.28 bits per heavy atom. The Kier molecular flexibility index (Phi) is 4.30. The molecule has 0 amide bonds. The van der Waals surface area contributed by atoms with Crippen molar-refractivity contribution in [1.29, 1.82) is 0 Å². The summed E-state index contributed by atoms with van der Waals surface area (Å²) in [5.41, 5.74) is 0.149. The standard InChI is InChI=1S/C14H12BrFOS/c1-2-9-6-7-10(18-9)8-13(17)11-4-3-5-12(15)14(11)16/h3-7H,2,8H2,1H3. The van der Waals surface area contributed by atoms with Gasteiger partial charge in [-0.25, -0.2) is 4.39 Å². The number of Topliss-reactive ketones (excluding diaryl/α,β-unsaturated/α-hetero) is 1. The normalized spacial score (nSPS) is 10.6. The molecule has 0 fully saturated rings. The van der Waals surface area contributed by atoms with Crippen LogP contribution in [-0.2, 0) is 12.8 Å². The van der Waals surface area contributed by atoms with E-state index >= 15 is 0 Å². The first kappa shape index (κ1) is 13.4. The van der Waals surface area contributed by atoms with Gasteiger partial charge in [-0.15, -0.1) is 11.3 Å². The molecular formula is C14H12BrFOS. The summed E-state index contributed by atoms with van der Waals surface area (Å²) in [7, 11) is 0. The number of carbonyl (C=O) groups excluding carboxylic acids is 1. The quantitative estimate of drug-likeness (QED) is 0.748. The molecule has 0 radical (unpaired) electrons. The van der Waals surface area contributed by atoms with Gasteiger partial charge in [0.1, 0.15) is 5.82 Å². The first-order chi connectivity index (χ1) is 8.61. The fourth-order valence-electron chi connectivity index (χ4n) is 1.68. The van der Waals surface area contributed by atoms with Crippen LogP contribution in [0.1, 0.15) is 27.0 Å². The Morgan fingerprint density at radius 2 is 2.00 bits per heavy atom. The summed E-state index contributed by atoms with van der Waals surface area (Å²) in [6, 6.07) is 8.75. The molecule has 1 aromatic carbocycles. The highest BCUT2D eigenvalue weighted by Gasteiger charge is 2.15. The molecule has 0 N–H and O–H groups in total. The number of thiophene rings is 1. The van der Waals surface area contributed by atoms with Crippen LogP contribution in [0.3, 0.4) is 0 Å².